The Hall–Kier alpha value is -2.50. The number of aliphatic hydroxyl groups is 1. The molecule has 3 heterocycles. The van der Waals surface area contributed by atoms with Crippen LogP contribution in [0.2, 0.25) is 0 Å². The van der Waals surface area contributed by atoms with Crippen LogP contribution in [0.1, 0.15) is 19.3 Å². The van der Waals surface area contributed by atoms with Crippen LogP contribution in [0.4, 0.5) is 25.0 Å². The summed E-state index contributed by atoms with van der Waals surface area (Å²) in [4.78, 5) is 27.8. The Morgan fingerprint density at radius 3 is 2.60 bits per heavy atom. The van der Waals surface area contributed by atoms with Gasteiger partial charge in [0.2, 0.25) is 5.91 Å². The van der Waals surface area contributed by atoms with E-state index in [2.05, 4.69) is 0 Å². The summed E-state index contributed by atoms with van der Waals surface area (Å²) < 4.78 is 45.5. The predicted octanol–water partition coefficient (Wildman–Crippen LogP) is 1.39. The molecule has 0 radical (unpaired) electrons. The van der Waals surface area contributed by atoms with Gasteiger partial charge in [0.1, 0.15) is 18.5 Å². The second-order valence-corrected chi connectivity index (χ2v) is 7.42. The number of hydrogen-bond donors (Lipinski definition) is 1. The largest absolute Gasteiger partial charge is 0.441 e. The van der Waals surface area contributed by atoms with E-state index in [1.165, 1.54) is 9.80 Å². The molecule has 1 aromatic rings. The molecule has 1 N–H and O–H groups in total. The first-order valence-electron chi connectivity index (χ1n) is 9.80. The van der Waals surface area contributed by atoms with Crippen molar-refractivity contribution in [1.29, 1.82) is 0 Å². The van der Waals surface area contributed by atoms with E-state index in [1.807, 2.05) is 0 Å². The topological polar surface area (TPSA) is 91.8 Å². The van der Waals surface area contributed by atoms with Crippen molar-refractivity contribution >= 4 is 23.4 Å². The summed E-state index contributed by atoms with van der Waals surface area (Å²) in [5.41, 5.74) is -0.371. The highest BCUT2D eigenvalue weighted by atomic mass is 19.1. The van der Waals surface area contributed by atoms with Crippen molar-refractivity contribution in [3.05, 3.63) is 23.8 Å². The molecule has 30 heavy (non-hydrogen) atoms. The first-order valence-corrected chi connectivity index (χ1v) is 9.80. The van der Waals surface area contributed by atoms with E-state index in [4.69, 9.17) is 19.3 Å². The number of amides is 2. The summed E-state index contributed by atoms with van der Waals surface area (Å²) in [5, 5.41) is 9.11. The summed E-state index contributed by atoms with van der Waals surface area (Å²) >= 11 is 0. The van der Waals surface area contributed by atoms with Gasteiger partial charge < -0.3 is 24.2 Å². The first kappa shape index (κ1) is 20.8. The summed E-state index contributed by atoms with van der Waals surface area (Å²) in [7, 11) is 0. The lowest BCUT2D eigenvalue weighted by atomic mass is 10.2. The zero-order valence-corrected chi connectivity index (χ0v) is 16.3. The molecule has 4 rings (SSSR count). The Balaban J connectivity index is 1.43. The van der Waals surface area contributed by atoms with Crippen LogP contribution >= 0.6 is 0 Å². The monoisotopic (exact) mass is 427 g/mol. The molecule has 3 fully saturated rings. The number of benzene rings is 1. The fourth-order valence-corrected chi connectivity index (χ4v) is 3.71. The molecule has 3 saturated heterocycles. The molecule has 3 aliphatic rings. The number of hydrogen-bond acceptors (Lipinski definition) is 7. The molecule has 0 aromatic heterocycles. The van der Waals surface area contributed by atoms with Crippen LogP contribution in [0, 0.1) is 11.6 Å². The molecule has 11 heteroatoms. The average molecular weight is 427 g/mol. The number of ether oxygens (including phenoxy) is 3. The van der Waals surface area contributed by atoms with E-state index in [9.17, 15) is 18.4 Å². The number of halogens is 2. The highest BCUT2D eigenvalue weighted by Gasteiger charge is 2.35. The highest BCUT2D eigenvalue weighted by Crippen LogP contribution is 2.32. The standard InChI is InChI=1S/C19H23F2N3O6/c20-14-5-12(24-7-13(9-25)30-19(24)27)6-15(21)18(14)22-8-16(26)23(10-22)11-29-17-3-1-2-4-28-17/h5-6,13,17,25H,1-4,7-11H2/t13-,17?/m1/s1. The van der Waals surface area contributed by atoms with Gasteiger partial charge in [0.15, 0.2) is 17.9 Å². The molecule has 164 valence electrons. The van der Waals surface area contributed by atoms with Gasteiger partial charge in [-0.2, -0.15) is 0 Å². The minimum Gasteiger partial charge on any atom is -0.441 e. The van der Waals surface area contributed by atoms with E-state index in [0.717, 1.165) is 36.3 Å². The molecular formula is C19H23F2N3O6. The van der Waals surface area contributed by atoms with Gasteiger partial charge in [0.05, 0.1) is 32.1 Å². The van der Waals surface area contributed by atoms with E-state index in [1.54, 1.807) is 0 Å². The van der Waals surface area contributed by atoms with Crippen LogP contribution < -0.4 is 9.80 Å². The molecule has 0 saturated carbocycles. The number of aliphatic hydroxyl groups excluding tert-OH is 1. The molecule has 3 aliphatic heterocycles. The SMILES string of the molecule is O=C1CN(c2c(F)cc(N3C[C@H](CO)OC3=O)cc2F)CN1COC1CCCCO1. The van der Waals surface area contributed by atoms with Crippen LogP contribution in [0.15, 0.2) is 12.1 Å². The Bertz CT molecular complexity index is 796. The zero-order chi connectivity index (χ0) is 21.3. The highest BCUT2D eigenvalue weighted by molar-refractivity contribution is 5.90. The first-order chi connectivity index (χ1) is 14.5. The number of carbonyl (C=O) groups is 2. The normalized spacial score (nSPS) is 24.7. The van der Waals surface area contributed by atoms with E-state index in [0.29, 0.717) is 6.61 Å². The van der Waals surface area contributed by atoms with Crippen molar-refractivity contribution < 1.29 is 37.7 Å². The van der Waals surface area contributed by atoms with Gasteiger partial charge in [-0.25, -0.2) is 13.6 Å². The van der Waals surface area contributed by atoms with Gasteiger partial charge in [-0.3, -0.25) is 14.6 Å². The van der Waals surface area contributed by atoms with E-state index in [-0.39, 0.29) is 56.7 Å². The van der Waals surface area contributed by atoms with Gasteiger partial charge in [-0.1, -0.05) is 0 Å². The molecule has 2 atom stereocenters. The molecule has 1 aromatic carbocycles. The molecular weight excluding hydrogens is 404 g/mol. The Kier molecular flexibility index (Phi) is 6.02. The second kappa shape index (κ2) is 8.70. The van der Waals surface area contributed by atoms with Crippen molar-refractivity contribution in [2.75, 3.05) is 49.5 Å². The number of carbonyl (C=O) groups excluding carboxylic acids is 2. The molecule has 1 unspecified atom stereocenters. The van der Waals surface area contributed by atoms with Crippen molar-refractivity contribution in [1.82, 2.24) is 4.90 Å². The van der Waals surface area contributed by atoms with Crippen LogP contribution in [0.5, 0.6) is 0 Å². The predicted molar refractivity (Wildman–Crippen MR) is 99.7 cm³/mol. The summed E-state index contributed by atoms with van der Waals surface area (Å²) in [5.74, 6) is -2.13. The molecule has 0 spiro atoms. The Morgan fingerprint density at radius 2 is 1.97 bits per heavy atom. The molecule has 2 amide bonds. The lowest BCUT2D eigenvalue weighted by molar-refractivity contribution is -0.184. The number of cyclic esters (lactones) is 1. The third-order valence-electron chi connectivity index (χ3n) is 5.28. The Labute approximate surface area is 171 Å². The third-order valence-corrected chi connectivity index (χ3v) is 5.28. The molecule has 0 bridgehead atoms. The second-order valence-electron chi connectivity index (χ2n) is 7.42. The Morgan fingerprint density at radius 1 is 1.20 bits per heavy atom. The van der Waals surface area contributed by atoms with Gasteiger partial charge in [-0.15, -0.1) is 0 Å². The maximum Gasteiger partial charge on any atom is 0.414 e. The van der Waals surface area contributed by atoms with Crippen molar-refractivity contribution in [2.45, 2.75) is 31.7 Å². The summed E-state index contributed by atoms with van der Waals surface area (Å²) in [6, 6.07) is 2.03. The quantitative estimate of drug-likeness (QED) is 0.734. The van der Waals surface area contributed by atoms with Crippen LogP contribution in [-0.4, -0.2) is 74.1 Å². The van der Waals surface area contributed by atoms with Crippen LogP contribution in [0.3, 0.4) is 0 Å². The number of nitrogens with zero attached hydrogens (tertiary/aromatic N) is 3. The lowest BCUT2D eigenvalue weighted by Crippen LogP contribution is -2.34. The fourth-order valence-electron chi connectivity index (χ4n) is 3.71. The van der Waals surface area contributed by atoms with Gasteiger partial charge in [0, 0.05) is 18.7 Å². The molecule has 9 nitrogen and oxygen atoms in total. The molecule has 0 aliphatic carbocycles. The van der Waals surface area contributed by atoms with Crippen molar-refractivity contribution in [3.63, 3.8) is 0 Å². The maximum absolute atomic E-state index is 14.8. The maximum atomic E-state index is 14.8. The summed E-state index contributed by atoms with van der Waals surface area (Å²) in [6.07, 6.45) is 0.785. The van der Waals surface area contributed by atoms with Crippen LogP contribution in [0.25, 0.3) is 0 Å². The van der Waals surface area contributed by atoms with Gasteiger partial charge in [-0.05, 0) is 19.3 Å². The van der Waals surface area contributed by atoms with Gasteiger partial charge in [0.25, 0.3) is 0 Å². The lowest BCUT2D eigenvalue weighted by Gasteiger charge is -2.26. The van der Waals surface area contributed by atoms with Crippen LogP contribution in [-0.2, 0) is 19.0 Å². The van der Waals surface area contributed by atoms with E-state index >= 15 is 0 Å². The minimum absolute atomic E-state index is 0.00981. The fraction of sp³-hybridized carbons (Fsp3) is 0.579. The number of rotatable bonds is 6. The number of anilines is 2. The van der Waals surface area contributed by atoms with Gasteiger partial charge >= 0.3 is 6.09 Å². The van der Waals surface area contributed by atoms with E-state index < -0.39 is 23.8 Å². The average Bonchev–Trinajstić information content (AvgIpc) is 3.28. The smallest absolute Gasteiger partial charge is 0.414 e. The van der Waals surface area contributed by atoms with Crippen molar-refractivity contribution in [3.8, 4) is 0 Å². The minimum atomic E-state index is -0.906. The third kappa shape index (κ3) is 4.18. The zero-order valence-electron chi connectivity index (χ0n) is 16.3. The van der Waals surface area contributed by atoms with Crippen molar-refractivity contribution in [2.24, 2.45) is 0 Å². The summed E-state index contributed by atoms with van der Waals surface area (Å²) in [6.45, 7) is -0.0345.